The van der Waals surface area contributed by atoms with Gasteiger partial charge in [0.05, 0.1) is 18.7 Å². The van der Waals surface area contributed by atoms with E-state index in [1.54, 1.807) is 0 Å². The Labute approximate surface area is 203 Å². The lowest BCUT2D eigenvalue weighted by Crippen LogP contribution is -2.57. The maximum atomic E-state index is 13.3. The summed E-state index contributed by atoms with van der Waals surface area (Å²) >= 11 is 0. The predicted octanol–water partition coefficient (Wildman–Crippen LogP) is 0.604. The number of likely N-dealkylation sites (tertiary alicyclic amines) is 1. The number of alkyl halides is 3. The van der Waals surface area contributed by atoms with Crippen molar-refractivity contribution < 1.29 is 27.6 Å². The van der Waals surface area contributed by atoms with E-state index in [1.807, 2.05) is 33.8 Å². The average molecular weight is 501 g/mol. The average Bonchev–Trinajstić information content (AvgIpc) is 3.01. The third-order valence-electron chi connectivity index (χ3n) is 7.62. The number of nitrogens with zero attached hydrogens (tertiary/aromatic N) is 3. The number of hydrogen-bond donors (Lipinski definition) is 3. The van der Waals surface area contributed by atoms with Gasteiger partial charge in [0.25, 0.3) is 0 Å². The molecule has 0 aromatic rings. The first kappa shape index (κ1) is 27.2. The SMILES string of the molecule is CN(CC(N)C(=O)N1C[C@H]2[C@@H]([C@H]1C(=O)N[C@H](C#N)C[C@@H]1CC(C)(C)NC1=O)C2(C)C)CC(F)(F)F. The van der Waals surface area contributed by atoms with E-state index in [9.17, 15) is 32.8 Å². The van der Waals surface area contributed by atoms with Gasteiger partial charge in [0, 0.05) is 24.5 Å². The fourth-order valence-electron chi connectivity index (χ4n) is 5.88. The van der Waals surface area contributed by atoms with Crippen LogP contribution in [0, 0.1) is 34.5 Å². The molecule has 9 nitrogen and oxygen atoms in total. The van der Waals surface area contributed by atoms with Gasteiger partial charge in [-0.3, -0.25) is 19.3 Å². The molecule has 4 N–H and O–H groups in total. The molecule has 1 saturated carbocycles. The van der Waals surface area contributed by atoms with E-state index in [-0.39, 0.29) is 48.2 Å². The van der Waals surface area contributed by atoms with E-state index in [0.717, 1.165) is 4.90 Å². The van der Waals surface area contributed by atoms with Crippen molar-refractivity contribution >= 4 is 17.7 Å². The Bertz CT molecular complexity index is 915. The number of carbonyl (C=O) groups excluding carboxylic acids is 3. The van der Waals surface area contributed by atoms with Gasteiger partial charge in [0.1, 0.15) is 12.1 Å². The third-order valence-corrected chi connectivity index (χ3v) is 7.62. The zero-order chi connectivity index (χ0) is 26.5. The van der Waals surface area contributed by atoms with Crippen molar-refractivity contribution in [3.05, 3.63) is 0 Å². The molecule has 0 spiro atoms. The van der Waals surface area contributed by atoms with Gasteiger partial charge in [0.2, 0.25) is 17.7 Å². The summed E-state index contributed by atoms with van der Waals surface area (Å²) in [5.41, 5.74) is 5.38. The van der Waals surface area contributed by atoms with Crippen LogP contribution in [0.15, 0.2) is 0 Å². The molecule has 2 aliphatic heterocycles. The summed E-state index contributed by atoms with van der Waals surface area (Å²) in [5.74, 6) is -1.76. The van der Waals surface area contributed by atoms with E-state index < -0.39 is 48.6 Å². The van der Waals surface area contributed by atoms with Crippen LogP contribution in [-0.2, 0) is 14.4 Å². The highest BCUT2D eigenvalue weighted by molar-refractivity contribution is 5.92. The Kier molecular flexibility index (Phi) is 7.18. The third kappa shape index (κ3) is 5.89. The van der Waals surface area contributed by atoms with E-state index >= 15 is 0 Å². The molecule has 3 rings (SSSR count). The maximum absolute atomic E-state index is 13.3. The summed E-state index contributed by atoms with van der Waals surface area (Å²) in [7, 11) is 1.23. The lowest BCUT2D eigenvalue weighted by Gasteiger charge is -2.33. The Hall–Kier alpha value is -2.39. The number of fused-ring (bicyclic) bond motifs is 1. The van der Waals surface area contributed by atoms with E-state index in [4.69, 9.17) is 5.73 Å². The van der Waals surface area contributed by atoms with Gasteiger partial charge in [-0.05, 0) is 51.0 Å². The lowest BCUT2D eigenvalue weighted by molar-refractivity contribution is -0.148. The van der Waals surface area contributed by atoms with Crippen molar-refractivity contribution in [2.24, 2.45) is 28.9 Å². The van der Waals surface area contributed by atoms with Crippen LogP contribution in [0.1, 0.15) is 40.5 Å². The molecule has 0 radical (unpaired) electrons. The fraction of sp³-hybridized carbons (Fsp3) is 0.826. The molecule has 35 heavy (non-hydrogen) atoms. The molecule has 0 aromatic heterocycles. The molecule has 3 fully saturated rings. The number of hydrogen-bond acceptors (Lipinski definition) is 6. The number of carbonyl (C=O) groups is 3. The summed E-state index contributed by atoms with van der Waals surface area (Å²) in [6.07, 6.45) is -3.74. The lowest BCUT2D eigenvalue weighted by atomic mass is 9.91. The predicted molar refractivity (Wildman–Crippen MR) is 120 cm³/mol. The highest BCUT2D eigenvalue weighted by atomic mass is 19.4. The molecule has 2 saturated heterocycles. The van der Waals surface area contributed by atoms with Gasteiger partial charge in [-0.2, -0.15) is 18.4 Å². The number of piperidine rings is 1. The van der Waals surface area contributed by atoms with Crippen LogP contribution >= 0.6 is 0 Å². The fourth-order valence-corrected chi connectivity index (χ4v) is 5.88. The van der Waals surface area contributed by atoms with Gasteiger partial charge >= 0.3 is 6.18 Å². The second-order valence-corrected chi connectivity index (χ2v) is 11.5. The Morgan fingerprint density at radius 2 is 1.97 bits per heavy atom. The van der Waals surface area contributed by atoms with Gasteiger partial charge in [-0.15, -0.1) is 0 Å². The Balaban J connectivity index is 1.68. The topological polar surface area (TPSA) is 132 Å². The van der Waals surface area contributed by atoms with Crippen LogP contribution in [0.25, 0.3) is 0 Å². The van der Waals surface area contributed by atoms with Gasteiger partial charge in [-0.1, -0.05) is 13.8 Å². The van der Waals surface area contributed by atoms with Crippen molar-refractivity contribution in [1.82, 2.24) is 20.4 Å². The van der Waals surface area contributed by atoms with Crippen molar-refractivity contribution in [2.75, 3.05) is 26.7 Å². The van der Waals surface area contributed by atoms with Crippen LogP contribution in [-0.4, -0.2) is 84.0 Å². The minimum absolute atomic E-state index is 0.0595. The highest BCUT2D eigenvalue weighted by Gasteiger charge is 2.69. The molecule has 3 amide bonds. The van der Waals surface area contributed by atoms with Crippen LogP contribution in [0.5, 0.6) is 0 Å². The number of nitrogens with two attached hydrogens (primary N) is 1. The summed E-state index contributed by atoms with van der Waals surface area (Å²) < 4.78 is 38.0. The smallest absolute Gasteiger partial charge is 0.351 e. The Morgan fingerprint density at radius 3 is 2.49 bits per heavy atom. The minimum atomic E-state index is -4.42. The Morgan fingerprint density at radius 1 is 1.34 bits per heavy atom. The van der Waals surface area contributed by atoms with E-state index in [1.165, 1.54) is 11.9 Å². The van der Waals surface area contributed by atoms with Crippen LogP contribution in [0.2, 0.25) is 0 Å². The molecule has 2 heterocycles. The maximum Gasteiger partial charge on any atom is 0.401 e. The summed E-state index contributed by atoms with van der Waals surface area (Å²) in [6.45, 7) is 6.53. The van der Waals surface area contributed by atoms with Crippen LogP contribution in [0.3, 0.4) is 0 Å². The zero-order valence-electron chi connectivity index (χ0n) is 20.8. The molecular weight excluding hydrogens is 465 g/mol. The first-order valence-corrected chi connectivity index (χ1v) is 11.8. The first-order valence-electron chi connectivity index (χ1n) is 11.8. The van der Waals surface area contributed by atoms with Crippen LogP contribution in [0.4, 0.5) is 13.2 Å². The number of amides is 3. The number of halogens is 3. The molecule has 0 bridgehead atoms. The van der Waals surface area contributed by atoms with Crippen molar-refractivity contribution in [3.63, 3.8) is 0 Å². The van der Waals surface area contributed by atoms with Gasteiger partial charge in [-0.25, -0.2) is 0 Å². The largest absolute Gasteiger partial charge is 0.401 e. The van der Waals surface area contributed by atoms with Gasteiger partial charge in [0.15, 0.2) is 0 Å². The highest BCUT2D eigenvalue weighted by Crippen LogP contribution is 2.64. The number of likely N-dealkylation sites (N-methyl/N-ethyl adjacent to an activating group) is 1. The van der Waals surface area contributed by atoms with E-state index in [2.05, 4.69) is 10.6 Å². The van der Waals surface area contributed by atoms with E-state index in [0.29, 0.717) is 6.42 Å². The standard InChI is InChI=1S/C23H35F3N6O3/c1-21(2)7-12(18(33)30-21)6-13(8-27)29-19(34)17-16-14(22(16,3)4)9-32(17)20(35)15(28)10-31(5)11-23(24,25)26/h12-17H,6-7,9-11,28H2,1-5H3,(H,29,34)(H,30,33)/t12-,13+,14+,15?,16+,17+/m1/s1. The summed E-state index contributed by atoms with van der Waals surface area (Å²) in [6, 6.07) is -0.975. The molecular formula is C23H35F3N6O3. The molecule has 3 aliphatic rings. The monoisotopic (exact) mass is 500 g/mol. The van der Waals surface area contributed by atoms with Gasteiger partial charge < -0.3 is 21.3 Å². The molecule has 6 atom stereocenters. The molecule has 1 unspecified atom stereocenters. The van der Waals surface area contributed by atoms with Crippen molar-refractivity contribution in [3.8, 4) is 6.07 Å². The molecule has 0 aromatic carbocycles. The second kappa shape index (κ2) is 9.24. The molecule has 196 valence electrons. The zero-order valence-corrected chi connectivity index (χ0v) is 20.8. The minimum Gasteiger partial charge on any atom is -0.351 e. The van der Waals surface area contributed by atoms with Crippen molar-refractivity contribution in [1.29, 1.82) is 5.26 Å². The summed E-state index contributed by atoms with van der Waals surface area (Å²) in [5, 5.41) is 15.2. The normalized spacial score (nSPS) is 30.3. The summed E-state index contributed by atoms with van der Waals surface area (Å²) in [4.78, 5) is 40.9. The number of rotatable bonds is 8. The van der Waals surface area contributed by atoms with Crippen LogP contribution < -0.4 is 16.4 Å². The first-order chi connectivity index (χ1) is 16.0. The molecule has 12 heteroatoms. The number of nitrogens with one attached hydrogen (secondary N) is 2. The van der Waals surface area contributed by atoms with Crippen molar-refractivity contribution in [2.45, 2.75) is 70.4 Å². The molecule has 1 aliphatic carbocycles. The number of nitriles is 1. The second-order valence-electron chi connectivity index (χ2n) is 11.5. The quantitative estimate of drug-likeness (QED) is 0.447.